The molecule has 1 saturated heterocycles. The SMILES string of the molecule is Fc1ccccc1C12CCC(CO1)C2. The topological polar surface area (TPSA) is 9.23 Å². The summed E-state index contributed by atoms with van der Waals surface area (Å²) in [6, 6.07) is 7.02. The molecule has 2 heteroatoms. The molecule has 1 aromatic carbocycles. The molecular formula is C12H13FO. The van der Waals surface area contributed by atoms with E-state index in [1.165, 1.54) is 12.5 Å². The molecule has 2 atom stereocenters. The summed E-state index contributed by atoms with van der Waals surface area (Å²) in [4.78, 5) is 0. The van der Waals surface area contributed by atoms with Gasteiger partial charge in [0, 0.05) is 5.56 Å². The van der Waals surface area contributed by atoms with Crippen LogP contribution in [0.5, 0.6) is 0 Å². The Morgan fingerprint density at radius 2 is 2.21 bits per heavy atom. The maximum absolute atomic E-state index is 13.6. The van der Waals surface area contributed by atoms with Crippen LogP contribution < -0.4 is 0 Å². The Morgan fingerprint density at radius 1 is 1.36 bits per heavy atom. The predicted molar refractivity (Wildman–Crippen MR) is 51.4 cm³/mol. The average Bonchev–Trinajstić information content (AvgIpc) is 2.79. The third kappa shape index (κ3) is 1.04. The average molecular weight is 192 g/mol. The van der Waals surface area contributed by atoms with Crippen molar-refractivity contribution in [2.45, 2.75) is 24.9 Å². The summed E-state index contributed by atoms with van der Waals surface area (Å²) in [5, 5.41) is 0. The van der Waals surface area contributed by atoms with Crippen LogP contribution in [0.1, 0.15) is 24.8 Å². The van der Waals surface area contributed by atoms with Gasteiger partial charge in [-0.05, 0) is 31.2 Å². The van der Waals surface area contributed by atoms with Crippen LogP contribution in [0.3, 0.4) is 0 Å². The predicted octanol–water partition coefficient (Wildman–Crippen LogP) is 2.85. The fourth-order valence-electron chi connectivity index (χ4n) is 2.81. The summed E-state index contributed by atoms with van der Waals surface area (Å²) >= 11 is 0. The van der Waals surface area contributed by atoms with Gasteiger partial charge in [-0.2, -0.15) is 0 Å². The Balaban J connectivity index is 2.06. The van der Waals surface area contributed by atoms with E-state index in [2.05, 4.69) is 0 Å². The molecule has 0 spiro atoms. The lowest BCUT2D eigenvalue weighted by atomic mass is 9.92. The van der Waals surface area contributed by atoms with Crippen LogP contribution in [0.25, 0.3) is 0 Å². The second-order valence-electron chi connectivity index (χ2n) is 4.39. The molecular weight excluding hydrogens is 179 g/mol. The van der Waals surface area contributed by atoms with Crippen LogP contribution >= 0.6 is 0 Å². The highest BCUT2D eigenvalue weighted by molar-refractivity contribution is 5.27. The van der Waals surface area contributed by atoms with Gasteiger partial charge in [-0.3, -0.25) is 0 Å². The second kappa shape index (κ2) is 2.80. The quantitative estimate of drug-likeness (QED) is 0.664. The van der Waals surface area contributed by atoms with Crippen molar-refractivity contribution >= 4 is 0 Å². The van der Waals surface area contributed by atoms with Gasteiger partial charge in [0.05, 0.1) is 12.2 Å². The lowest BCUT2D eigenvalue weighted by Gasteiger charge is -2.27. The number of ether oxygens (including phenoxy) is 1. The minimum Gasteiger partial charge on any atom is -0.370 e. The number of fused-ring (bicyclic) bond motifs is 2. The van der Waals surface area contributed by atoms with E-state index in [0.29, 0.717) is 5.92 Å². The van der Waals surface area contributed by atoms with Crippen LogP contribution in [0.15, 0.2) is 24.3 Å². The lowest BCUT2D eigenvalue weighted by molar-refractivity contribution is -0.0232. The normalized spacial score (nSPS) is 35.1. The minimum absolute atomic E-state index is 0.116. The molecule has 0 aromatic heterocycles. The molecule has 14 heavy (non-hydrogen) atoms. The molecule has 2 unspecified atom stereocenters. The minimum atomic E-state index is -0.282. The van der Waals surface area contributed by atoms with E-state index >= 15 is 0 Å². The summed E-state index contributed by atoms with van der Waals surface area (Å²) < 4.78 is 19.4. The zero-order chi connectivity index (χ0) is 9.60. The maximum atomic E-state index is 13.6. The van der Waals surface area contributed by atoms with E-state index < -0.39 is 0 Å². The number of rotatable bonds is 1. The molecule has 74 valence electrons. The van der Waals surface area contributed by atoms with Crippen LogP contribution in [0.2, 0.25) is 0 Å². The van der Waals surface area contributed by atoms with E-state index in [1.807, 2.05) is 12.1 Å². The first-order chi connectivity index (χ1) is 6.80. The molecule has 2 fully saturated rings. The summed E-state index contributed by atoms with van der Waals surface area (Å²) in [7, 11) is 0. The highest BCUT2D eigenvalue weighted by Crippen LogP contribution is 2.51. The molecule has 1 nitrogen and oxygen atoms in total. The zero-order valence-corrected chi connectivity index (χ0v) is 8.00. The number of benzene rings is 1. The Morgan fingerprint density at radius 3 is 2.79 bits per heavy atom. The standard InChI is InChI=1S/C12H13FO/c13-11-4-2-1-3-10(11)12-6-5-9(7-12)8-14-12/h1-4,9H,5-8H2. The van der Waals surface area contributed by atoms with Crippen molar-refractivity contribution < 1.29 is 9.13 Å². The highest BCUT2D eigenvalue weighted by Gasteiger charge is 2.48. The van der Waals surface area contributed by atoms with Gasteiger partial charge in [-0.1, -0.05) is 18.2 Å². The summed E-state index contributed by atoms with van der Waals surface area (Å²) in [6.07, 6.45) is 3.18. The molecule has 1 heterocycles. The molecule has 3 rings (SSSR count). The zero-order valence-electron chi connectivity index (χ0n) is 8.00. The fourth-order valence-corrected chi connectivity index (χ4v) is 2.81. The van der Waals surface area contributed by atoms with Gasteiger partial charge >= 0.3 is 0 Å². The number of hydrogen-bond acceptors (Lipinski definition) is 1. The molecule has 1 aromatic rings. The van der Waals surface area contributed by atoms with Crippen LogP contribution in [-0.2, 0) is 10.3 Å². The molecule has 2 aliphatic rings. The lowest BCUT2D eigenvalue weighted by Crippen LogP contribution is -2.24. The van der Waals surface area contributed by atoms with Gasteiger partial charge in [0.25, 0.3) is 0 Å². The van der Waals surface area contributed by atoms with E-state index in [4.69, 9.17) is 4.74 Å². The van der Waals surface area contributed by atoms with Gasteiger partial charge in [-0.25, -0.2) is 4.39 Å². The molecule has 1 aliphatic carbocycles. The molecule has 0 amide bonds. The second-order valence-corrected chi connectivity index (χ2v) is 4.39. The van der Waals surface area contributed by atoms with Gasteiger partial charge in [0.1, 0.15) is 5.82 Å². The Kier molecular flexibility index (Phi) is 1.68. The van der Waals surface area contributed by atoms with E-state index in [0.717, 1.165) is 25.0 Å². The van der Waals surface area contributed by atoms with Gasteiger partial charge < -0.3 is 4.74 Å². The van der Waals surface area contributed by atoms with Crippen LogP contribution in [-0.4, -0.2) is 6.61 Å². The molecule has 0 radical (unpaired) electrons. The van der Waals surface area contributed by atoms with E-state index in [-0.39, 0.29) is 11.4 Å². The number of hydrogen-bond donors (Lipinski definition) is 0. The van der Waals surface area contributed by atoms with Gasteiger partial charge in [0.15, 0.2) is 0 Å². The van der Waals surface area contributed by atoms with Crippen molar-refractivity contribution in [3.8, 4) is 0 Å². The van der Waals surface area contributed by atoms with Crippen molar-refractivity contribution in [3.63, 3.8) is 0 Å². The first-order valence-corrected chi connectivity index (χ1v) is 5.19. The van der Waals surface area contributed by atoms with Gasteiger partial charge in [0.2, 0.25) is 0 Å². The van der Waals surface area contributed by atoms with E-state index in [1.54, 1.807) is 6.07 Å². The molecule has 1 saturated carbocycles. The smallest absolute Gasteiger partial charge is 0.129 e. The molecule has 0 N–H and O–H groups in total. The maximum Gasteiger partial charge on any atom is 0.129 e. The van der Waals surface area contributed by atoms with Crippen molar-refractivity contribution in [2.24, 2.45) is 5.92 Å². The Labute approximate surface area is 82.9 Å². The van der Waals surface area contributed by atoms with Crippen molar-refractivity contribution in [1.82, 2.24) is 0 Å². The van der Waals surface area contributed by atoms with Crippen molar-refractivity contribution in [1.29, 1.82) is 0 Å². The fraction of sp³-hybridized carbons (Fsp3) is 0.500. The van der Waals surface area contributed by atoms with Crippen LogP contribution in [0, 0.1) is 11.7 Å². The third-order valence-corrected chi connectivity index (χ3v) is 3.53. The highest BCUT2D eigenvalue weighted by atomic mass is 19.1. The first-order valence-electron chi connectivity index (χ1n) is 5.19. The first kappa shape index (κ1) is 8.42. The van der Waals surface area contributed by atoms with Crippen molar-refractivity contribution in [3.05, 3.63) is 35.6 Å². The summed E-state index contributed by atoms with van der Waals surface area (Å²) in [5.41, 5.74) is 0.482. The number of halogens is 1. The monoisotopic (exact) mass is 192 g/mol. The van der Waals surface area contributed by atoms with Crippen LogP contribution in [0.4, 0.5) is 4.39 Å². The Hall–Kier alpha value is -0.890. The van der Waals surface area contributed by atoms with E-state index in [9.17, 15) is 4.39 Å². The molecule has 2 bridgehead atoms. The third-order valence-electron chi connectivity index (χ3n) is 3.53. The molecule has 1 aliphatic heterocycles. The Bertz CT molecular complexity index is 353. The summed E-state index contributed by atoms with van der Waals surface area (Å²) in [6.45, 7) is 0.814. The summed E-state index contributed by atoms with van der Waals surface area (Å²) in [5.74, 6) is 0.546. The van der Waals surface area contributed by atoms with Crippen molar-refractivity contribution in [2.75, 3.05) is 6.61 Å². The largest absolute Gasteiger partial charge is 0.370 e. The van der Waals surface area contributed by atoms with Gasteiger partial charge in [-0.15, -0.1) is 0 Å².